The van der Waals surface area contributed by atoms with Gasteiger partial charge >= 0.3 is 0 Å². The molecule has 1 aromatic carbocycles. The maximum absolute atomic E-state index is 5.36. The fourth-order valence-electron chi connectivity index (χ4n) is 2.29. The SMILES string of the molecule is COc1cc(C2=NC=C3C=NC=C32)cc(OC)c1OC. The molecule has 0 spiro atoms. The highest BCUT2D eigenvalue weighted by atomic mass is 16.5. The van der Waals surface area contributed by atoms with Gasteiger partial charge < -0.3 is 14.2 Å². The van der Waals surface area contributed by atoms with Crippen molar-refractivity contribution in [3.8, 4) is 17.2 Å². The van der Waals surface area contributed by atoms with E-state index in [0.717, 1.165) is 22.4 Å². The summed E-state index contributed by atoms with van der Waals surface area (Å²) in [6.45, 7) is 0. The maximum Gasteiger partial charge on any atom is 0.203 e. The topological polar surface area (TPSA) is 52.4 Å². The van der Waals surface area contributed by atoms with E-state index in [1.807, 2.05) is 12.1 Å². The number of fused-ring (bicyclic) bond motifs is 1. The van der Waals surface area contributed by atoms with Crippen molar-refractivity contribution in [2.75, 3.05) is 21.3 Å². The van der Waals surface area contributed by atoms with Crippen molar-refractivity contribution in [3.05, 3.63) is 41.2 Å². The zero-order chi connectivity index (χ0) is 14.1. The lowest BCUT2D eigenvalue weighted by molar-refractivity contribution is 0.324. The zero-order valence-electron chi connectivity index (χ0n) is 11.5. The molecule has 0 aromatic heterocycles. The number of rotatable bonds is 4. The molecule has 0 atom stereocenters. The van der Waals surface area contributed by atoms with Gasteiger partial charge in [-0.15, -0.1) is 0 Å². The van der Waals surface area contributed by atoms with Gasteiger partial charge in [-0.2, -0.15) is 0 Å². The molecular formula is C15H14N2O3. The molecule has 102 valence electrons. The van der Waals surface area contributed by atoms with Gasteiger partial charge in [-0.1, -0.05) is 0 Å². The molecule has 1 aromatic rings. The molecule has 0 radical (unpaired) electrons. The van der Waals surface area contributed by atoms with Crippen molar-refractivity contribution < 1.29 is 14.2 Å². The smallest absolute Gasteiger partial charge is 0.203 e. The molecule has 5 heteroatoms. The second kappa shape index (κ2) is 4.85. The summed E-state index contributed by atoms with van der Waals surface area (Å²) in [6.07, 6.45) is 5.41. The predicted octanol–water partition coefficient (Wildman–Crippen LogP) is 2.37. The Morgan fingerprint density at radius 1 is 0.900 bits per heavy atom. The van der Waals surface area contributed by atoms with Gasteiger partial charge in [-0.3, -0.25) is 9.98 Å². The number of nitrogens with zero attached hydrogens (tertiary/aromatic N) is 2. The summed E-state index contributed by atoms with van der Waals surface area (Å²) in [6, 6.07) is 3.77. The Bertz CT molecular complexity index is 659. The molecule has 0 N–H and O–H groups in total. The van der Waals surface area contributed by atoms with E-state index < -0.39 is 0 Å². The number of hydrogen-bond acceptors (Lipinski definition) is 5. The van der Waals surface area contributed by atoms with E-state index in [1.165, 1.54) is 0 Å². The molecule has 2 aliphatic rings. The molecule has 0 saturated carbocycles. The van der Waals surface area contributed by atoms with E-state index in [1.54, 1.807) is 39.9 Å². The van der Waals surface area contributed by atoms with Crippen LogP contribution in [0.5, 0.6) is 17.2 Å². The molecule has 20 heavy (non-hydrogen) atoms. The third-order valence-corrected chi connectivity index (χ3v) is 3.25. The molecule has 0 bridgehead atoms. The highest BCUT2D eigenvalue weighted by Gasteiger charge is 2.23. The lowest BCUT2D eigenvalue weighted by atomic mass is 10.00. The normalized spacial score (nSPS) is 15.4. The van der Waals surface area contributed by atoms with Crippen molar-refractivity contribution >= 4 is 11.9 Å². The van der Waals surface area contributed by atoms with Crippen LogP contribution in [0.3, 0.4) is 0 Å². The molecule has 0 amide bonds. The third-order valence-electron chi connectivity index (χ3n) is 3.25. The molecule has 0 unspecified atom stereocenters. The Kier molecular flexibility index (Phi) is 3.02. The van der Waals surface area contributed by atoms with Gasteiger partial charge in [0.05, 0.1) is 27.0 Å². The van der Waals surface area contributed by atoms with E-state index in [-0.39, 0.29) is 0 Å². The highest BCUT2D eigenvalue weighted by molar-refractivity contribution is 6.22. The number of ether oxygens (including phenoxy) is 3. The predicted molar refractivity (Wildman–Crippen MR) is 77.3 cm³/mol. The van der Waals surface area contributed by atoms with Gasteiger partial charge in [-0.25, -0.2) is 0 Å². The first-order valence-corrected chi connectivity index (χ1v) is 6.11. The Hall–Kier alpha value is -2.56. The van der Waals surface area contributed by atoms with Crippen molar-refractivity contribution in [1.29, 1.82) is 0 Å². The summed E-state index contributed by atoms with van der Waals surface area (Å²) in [7, 11) is 4.78. The van der Waals surface area contributed by atoms with Gasteiger partial charge in [-0.05, 0) is 12.1 Å². The summed E-state index contributed by atoms with van der Waals surface area (Å²) < 4.78 is 16.0. The Balaban J connectivity index is 2.08. The summed E-state index contributed by atoms with van der Waals surface area (Å²) in [4.78, 5) is 8.58. The largest absolute Gasteiger partial charge is 0.493 e. The van der Waals surface area contributed by atoms with E-state index in [9.17, 15) is 0 Å². The lowest BCUT2D eigenvalue weighted by Crippen LogP contribution is -2.04. The lowest BCUT2D eigenvalue weighted by Gasteiger charge is -2.14. The summed E-state index contributed by atoms with van der Waals surface area (Å²) in [5.41, 5.74) is 3.80. The van der Waals surface area contributed by atoms with Crippen LogP contribution in [0.1, 0.15) is 5.56 Å². The second-order valence-corrected chi connectivity index (χ2v) is 4.30. The zero-order valence-corrected chi connectivity index (χ0v) is 11.5. The summed E-state index contributed by atoms with van der Waals surface area (Å²) >= 11 is 0. The van der Waals surface area contributed by atoms with Crippen molar-refractivity contribution in [2.24, 2.45) is 9.98 Å². The molecule has 0 aliphatic carbocycles. The summed E-state index contributed by atoms with van der Waals surface area (Å²) in [5, 5.41) is 0. The van der Waals surface area contributed by atoms with Crippen molar-refractivity contribution in [3.63, 3.8) is 0 Å². The molecule has 5 nitrogen and oxygen atoms in total. The second-order valence-electron chi connectivity index (χ2n) is 4.30. The quantitative estimate of drug-likeness (QED) is 0.844. The molecular weight excluding hydrogens is 256 g/mol. The van der Waals surface area contributed by atoms with Crippen LogP contribution in [0.25, 0.3) is 0 Å². The number of benzene rings is 1. The minimum atomic E-state index is 0.571. The number of methoxy groups -OCH3 is 3. The highest BCUT2D eigenvalue weighted by Crippen LogP contribution is 2.39. The average molecular weight is 270 g/mol. The van der Waals surface area contributed by atoms with Gasteiger partial charge in [0.25, 0.3) is 0 Å². The average Bonchev–Trinajstić information content (AvgIpc) is 3.08. The van der Waals surface area contributed by atoms with Crippen LogP contribution in [0.2, 0.25) is 0 Å². The first kappa shape index (κ1) is 12.5. The summed E-state index contributed by atoms with van der Waals surface area (Å²) in [5.74, 6) is 1.79. The van der Waals surface area contributed by atoms with Crippen LogP contribution in [-0.4, -0.2) is 33.3 Å². The Morgan fingerprint density at radius 2 is 1.60 bits per heavy atom. The Morgan fingerprint density at radius 3 is 2.20 bits per heavy atom. The van der Waals surface area contributed by atoms with Crippen molar-refractivity contribution in [2.45, 2.75) is 0 Å². The van der Waals surface area contributed by atoms with E-state index in [4.69, 9.17) is 14.2 Å². The van der Waals surface area contributed by atoms with Crippen molar-refractivity contribution in [1.82, 2.24) is 0 Å². The monoisotopic (exact) mass is 270 g/mol. The van der Waals surface area contributed by atoms with Crippen LogP contribution in [-0.2, 0) is 0 Å². The van der Waals surface area contributed by atoms with Gasteiger partial charge in [0, 0.05) is 35.3 Å². The molecule has 2 heterocycles. The van der Waals surface area contributed by atoms with E-state index in [0.29, 0.717) is 17.2 Å². The van der Waals surface area contributed by atoms with Crippen LogP contribution in [0, 0.1) is 0 Å². The minimum Gasteiger partial charge on any atom is -0.493 e. The molecule has 2 aliphatic heterocycles. The fraction of sp³-hybridized carbons (Fsp3) is 0.200. The Labute approximate surface area is 116 Å². The number of aliphatic imine (C=N–C) groups is 2. The van der Waals surface area contributed by atoms with E-state index >= 15 is 0 Å². The molecule has 0 fully saturated rings. The van der Waals surface area contributed by atoms with Gasteiger partial charge in [0.2, 0.25) is 5.75 Å². The minimum absolute atomic E-state index is 0.571. The van der Waals surface area contributed by atoms with E-state index in [2.05, 4.69) is 9.98 Å². The number of hydrogen-bond donors (Lipinski definition) is 0. The third kappa shape index (κ3) is 1.79. The fourth-order valence-corrected chi connectivity index (χ4v) is 2.29. The van der Waals surface area contributed by atoms with Gasteiger partial charge in [0.15, 0.2) is 11.5 Å². The van der Waals surface area contributed by atoms with Gasteiger partial charge in [0.1, 0.15) is 0 Å². The molecule has 3 rings (SSSR count). The van der Waals surface area contributed by atoms with Crippen LogP contribution < -0.4 is 14.2 Å². The van der Waals surface area contributed by atoms with Crippen LogP contribution in [0.4, 0.5) is 0 Å². The number of allylic oxidation sites excluding steroid dienone is 2. The standard InChI is InChI=1S/C15H14N2O3/c1-18-12-4-9(5-13(19-2)15(12)20-3)14-11-8-16-6-10(11)7-17-14/h4-8H,1-3H3. The first-order valence-electron chi connectivity index (χ1n) is 6.11. The molecule has 0 saturated heterocycles. The van der Waals surface area contributed by atoms with Crippen LogP contribution in [0.15, 0.2) is 45.7 Å². The maximum atomic E-state index is 5.36. The van der Waals surface area contributed by atoms with Crippen LogP contribution >= 0.6 is 0 Å². The first-order chi connectivity index (χ1) is 9.78.